The summed E-state index contributed by atoms with van der Waals surface area (Å²) in [5, 5.41) is 6.73. The van der Waals surface area contributed by atoms with Crippen LogP contribution in [0.4, 0.5) is 11.5 Å². The zero-order valence-corrected chi connectivity index (χ0v) is 18.9. The fraction of sp³-hybridized carbons (Fsp3) is 0.286. The molecule has 1 aliphatic carbocycles. The molecule has 2 heterocycles. The minimum Gasteiger partial charge on any atom is -0.449 e. The molecule has 1 aliphatic rings. The SMILES string of the molecule is Cl.Cl.NC1CCC(C(=O)Nc2c(C(=O)Nc3ccc(Cl)cn3)oc3ccccc23)CC1. The van der Waals surface area contributed by atoms with Crippen molar-refractivity contribution in [2.24, 2.45) is 11.7 Å². The quantitative estimate of drug-likeness (QED) is 0.480. The Hall–Kier alpha value is -2.32. The Kier molecular flexibility index (Phi) is 8.70. The molecule has 1 saturated carbocycles. The second-order valence-corrected chi connectivity index (χ2v) is 7.66. The molecule has 3 aromatic rings. The average Bonchev–Trinajstić information content (AvgIpc) is 3.09. The lowest BCUT2D eigenvalue weighted by molar-refractivity contribution is -0.120. The first-order valence-corrected chi connectivity index (χ1v) is 9.90. The second-order valence-electron chi connectivity index (χ2n) is 7.22. The van der Waals surface area contributed by atoms with Gasteiger partial charge in [0, 0.05) is 23.5 Å². The Balaban J connectivity index is 0.00000171. The summed E-state index contributed by atoms with van der Waals surface area (Å²) in [7, 11) is 0. The van der Waals surface area contributed by atoms with Crippen LogP contribution in [0, 0.1) is 5.92 Å². The smallest absolute Gasteiger partial charge is 0.294 e. The number of pyridine rings is 1. The van der Waals surface area contributed by atoms with Crippen molar-refractivity contribution in [2.75, 3.05) is 10.6 Å². The summed E-state index contributed by atoms with van der Waals surface area (Å²) in [6.45, 7) is 0. The van der Waals surface area contributed by atoms with Crippen molar-refractivity contribution in [3.8, 4) is 0 Å². The van der Waals surface area contributed by atoms with Crippen LogP contribution in [-0.4, -0.2) is 22.8 Å². The molecule has 0 aliphatic heterocycles. The van der Waals surface area contributed by atoms with Crippen LogP contribution in [0.25, 0.3) is 11.0 Å². The Bertz CT molecular complexity index is 1050. The number of nitrogens with one attached hydrogen (secondary N) is 2. The number of hydrogen-bond donors (Lipinski definition) is 3. The first-order chi connectivity index (χ1) is 14.0. The van der Waals surface area contributed by atoms with Gasteiger partial charge in [-0.05, 0) is 49.9 Å². The van der Waals surface area contributed by atoms with Crippen LogP contribution in [0.5, 0.6) is 0 Å². The van der Waals surface area contributed by atoms with E-state index in [0.717, 1.165) is 25.7 Å². The molecule has 10 heteroatoms. The number of para-hydroxylation sites is 1. The van der Waals surface area contributed by atoms with Crippen molar-refractivity contribution < 1.29 is 14.0 Å². The summed E-state index contributed by atoms with van der Waals surface area (Å²) in [5.74, 6) is -0.390. The molecule has 2 aromatic heterocycles. The highest BCUT2D eigenvalue weighted by molar-refractivity contribution is 6.30. The molecule has 7 nitrogen and oxygen atoms in total. The molecule has 0 unspecified atom stereocenters. The first-order valence-electron chi connectivity index (χ1n) is 9.52. The third-order valence-electron chi connectivity index (χ3n) is 5.16. The van der Waals surface area contributed by atoms with Crippen LogP contribution in [0.3, 0.4) is 0 Å². The number of carbonyl (C=O) groups excluding carboxylic acids is 2. The normalized spacial score (nSPS) is 17.9. The van der Waals surface area contributed by atoms with Gasteiger partial charge in [0.25, 0.3) is 5.91 Å². The van der Waals surface area contributed by atoms with Gasteiger partial charge < -0.3 is 20.8 Å². The highest BCUT2D eigenvalue weighted by Gasteiger charge is 2.28. The number of aromatic nitrogens is 1. The Morgan fingerprint density at radius 2 is 1.74 bits per heavy atom. The maximum absolute atomic E-state index is 12.8. The number of carbonyl (C=O) groups is 2. The number of anilines is 2. The van der Waals surface area contributed by atoms with Crippen LogP contribution in [0.15, 0.2) is 47.0 Å². The van der Waals surface area contributed by atoms with Crippen molar-refractivity contribution >= 4 is 70.7 Å². The maximum atomic E-state index is 12.8. The Morgan fingerprint density at radius 3 is 2.42 bits per heavy atom. The summed E-state index contributed by atoms with van der Waals surface area (Å²) in [4.78, 5) is 29.7. The fourth-order valence-electron chi connectivity index (χ4n) is 3.56. The standard InChI is InChI=1S/C21H21ClN4O3.2ClH/c22-13-7-10-17(24-11-13)25-21(28)19-18(15-3-1-2-4-16(15)29-19)26-20(27)12-5-8-14(23)9-6-12;;/h1-4,7,10-12,14H,5-6,8-9,23H2,(H,26,27)(H,24,25,28);2*1H. The van der Waals surface area contributed by atoms with Gasteiger partial charge in [-0.1, -0.05) is 23.7 Å². The number of benzene rings is 1. The fourth-order valence-corrected chi connectivity index (χ4v) is 3.67. The first kappa shape index (κ1) is 24.9. The van der Waals surface area contributed by atoms with Gasteiger partial charge in [0.1, 0.15) is 17.1 Å². The van der Waals surface area contributed by atoms with Crippen LogP contribution in [-0.2, 0) is 4.79 Å². The topological polar surface area (TPSA) is 110 Å². The molecule has 0 atom stereocenters. The maximum Gasteiger partial charge on any atom is 0.294 e. The van der Waals surface area contributed by atoms with Gasteiger partial charge in [0.2, 0.25) is 11.7 Å². The van der Waals surface area contributed by atoms with Crippen LogP contribution in [0.2, 0.25) is 5.02 Å². The van der Waals surface area contributed by atoms with Crippen LogP contribution < -0.4 is 16.4 Å². The molecule has 0 bridgehead atoms. The number of hydrogen-bond acceptors (Lipinski definition) is 5. The zero-order valence-electron chi connectivity index (χ0n) is 16.5. The lowest BCUT2D eigenvalue weighted by atomic mass is 9.86. The lowest BCUT2D eigenvalue weighted by Crippen LogP contribution is -2.32. The predicted octanol–water partition coefficient (Wildman–Crippen LogP) is 5.03. The van der Waals surface area contributed by atoms with Gasteiger partial charge in [-0.25, -0.2) is 4.98 Å². The third kappa shape index (κ3) is 5.68. The van der Waals surface area contributed by atoms with Gasteiger partial charge >= 0.3 is 0 Å². The van der Waals surface area contributed by atoms with E-state index in [1.54, 1.807) is 18.2 Å². The zero-order chi connectivity index (χ0) is 20.4. The number of rotatable bonds is 4. The number of fused-ring (bicyclic) bond motifs is 1. The van der Waals surface area contributed by atoms with E-state index in [4.69, 9.17) is 21.8 Å². The van der Waals surface area contributed by atoms with E-state index in [2.05, 4.69) is 15.6 Å². The third-order valence-corrected chi connectivity index (χ3v) is 5.39. The van der Waals surface area contributed by atoms with Gasteiger partial charge in [-0.15, -0.1) is 24.8 Å². The predicted molar refractivity (Wildman–Crippen MR) is 126 cm³/mol. The van der Waals surface area contributed by atoms with Crippen LogP contribution in [0.1, 0.15) is 36.2 Å². The summed E-state index contributed by atoms with van der Waals surface area (Å²) < 4.78 is 5.76. The second kappa shape index (κ2) is 10.8. The van der Waals surface area contributed by atoms with Crippen molar-refractivity contribution in [1.29, 1.82) is 0 Å². The van der Waals surface area contributed by atoms with E-state index in [0.29, 0.717) is 27.5 Å². The van der Waals surface area contributed by atoms with E-state index < -0.39 is 5.91 Å². The number of nitrogens with zero attached hydrogens (tertiary/aromatic N) is 1. The van der Waals surface area contributed by atoms with E-state index in [1.165, 1.54) is 6.20 Å². The molecular weight excluding hydrogens is 463 g/mol. The summed E-state index contributed by atoms with van der Waals surface area (Å²) in [6, 6.07) is 10.6. The molecular formula is C21H23Cl3N4O3. The minimum absolute atomic E-state index is 0. The Labute approximate surface area is 196 Å². The van der Waals surface area contributed by atoms with Gasteiger partial charge in [0.05, 0.1) is 5.02 Å². The highest BCUT2D eigenvalue weighted by atomic mass is 35.5. The molecule has 0 saturated heterocycles. The summed E-state index contributed by atoms with van der Waals surface area (Å²) in [6.07, 6.45) is 4.55. The van der Waals surface area contributed by atoms with Crippen molar-refractivity contribution in [1.82, 2.24) is 4.98 Å². The van der Waals surface area contributed by atoms with Crippen LogP contribution >= 0.6 is 36.4 Å². The van der Waals surface area contributed by atoms with E-state index in [1.807, 2.05) is 18.2 Å². The Morgan fingerprint density at radius 1 is 1.03 bits per heavy atom. The summed E-state index contributed by atoms with van der Waals surface area (Å²) >= 11 is 5.83. The van der Waals surface area contributed by atoms with Crippen molar-refractivity contribution in [3.63, 3.8) is 0 Å². The van der Waals surface area contributed by atoms with E-state index >= 15 is 0 Å². The molecule has 31 heavy (non-hydrogen) atoms. The van der Waals surface area contributed by atoms with Gasteiger partial charge in [-0.3, -0.25) is 9.59 Å². The highest BCUT2D eigenvalue weighted by Crippen LogP contribution is 2.33. The molecule has 4 N–H and O–H groups in total. The van der Waals surface area contributed by atoms with Gasteiger partial charge in [0.15, 0.2) is 0 Å². The van der Waals surface area contributed by atoms with Gasteiger partial charge in [-0.2, -0.15) is 0 Å². The largest absolute Gasteiger partial charge is 0.449 e. The average molecular weight is 486 g/mol. The molecule has 4 rings (SSSR count). The summed E-state index contributed by atoms with van der Waals surface area (Å²) in [5.41, 5.74) is 6.82. The lowest BCUT2D eigenvalue weighted by Gasteiger charge is -2.25. The van der Waals surface area contributed by atoms with Crippen molar-refractivity contribution in [2.45, 2.75) is 31.7 Å². The molecule has 0 radical (unpaired) electrons. The molecule has 2 amide bonds. The number of amides is 2. The molecule has 166 valence electrons. The monoisotopic (exact) mass is 484 g/mol. The number of furan rings is 1. The minimum atomic E-state index is -0.503. The van der Waals surface area contributed by atoms with E-state index in [9.17, 15) is 9.59 Å². The number of halogens is 3. The molecule has 1 aromatic carbocycles. The number of nitrogens with two attached hydrogens (primary N) is 1. The van der Waals surface area contributed by atoms with E-state index in [-0.39, 0.29) is 48.4 Å². The molecule has 0 spiro atoms. The van der Waals surface area contributed by atoms with Crippen molar-refractivity contribution in [3.05, 3.63) is 53.4 Å². The molecule has 1 fully saturated rings.